The average Bonchev–Trinajstić information content (AvgIpc) is 2.93. The van der Waals surface area contributed by atoms with Gasteiger partial charge in [0, 0.05) is 30.8 Å². The third-order valence-corrected chi connectivity index (χ3v) is 4.31. The molecule has 1 aromatic carbocycles. The fraction of sp³-hybridized carbons (Fsp3) is 0.235. The Kier molecular flexibility index (Phi) is 4.92. The van der Waals surface area contributed by atoms with Gasteiger partial charge in [-0.3, -0.25) is 4.98 Å². The summed E-state index contributed by atoms with van der Waals surface area (Å²) in [7, 11) is 1.96. The summed E-state index contributed by atoms with van der Waals surface area (Å²) in [5, 5.41) is 9.36. The first-order valence-corrected chi connectivity index (χ1v) is 8.34. The van der Waals surface area contributed by atoms with Crippen LogP contribution in [0.5, 0.6) is 5.75 Å². The van der Waals surface area contributed by atoms with Gasteiger partial charge in [-0.25, -0.2) is 0 Å². The molecule has 0 aliphatic carbocycles. The summed E-state index contributed by atoms with van der Waals surface area (Å²) in [4.78, 5) is 4.12. The van der Waals surface area contributed by atoms with E-state index in [1.165, 1.54) is 5.56 Å². The second-order valence-electron chi connectivity index (χ2n) is 5.12. The number of pyridine rings is 1. The van der Waals surface area contributed by atoms with Gasteiger partial charge in [-0.1, -0.05) is 23.9 Å². The minimum absolute atomic E-state index is 0.628. The van der Waals surface area contributed by atoms with Crippen LogP contribution in [0.2, 0.25) is 0 Å². The molecular formula is C17H18N4OS. The summed E-state index contributed by atoms with van der Waals surface area (Å²) in [5.74, 6) is 2.53. The Hall–Kier alpha value is -2.34. The van der Waals surface area contributed by atoms with Crippen LogP contribution in [0, 0.1) is 6.92 Å². The van der Waals surface area contributed by atoms with Gasteiger partial charge in [-0.05, 0) is 36.8 Å². The highest BCUT2D eigenvalue weighted by atomic mass is 32.2. The smallest absolute Gasteiger partial charge is 0.191 e. The van der Waals surface area contributed by atoms with Crippen molar-refractivity contribution < 1.29 is 4.74 Å². The number of ether oxygens (including phenoxy) is 1. The topological polar surface area (TPSA) is 52.8 Å². The van der Waals surface area contributed by atoms with Crippen molar-refractivity contribution in [1.82, 2.24) is 19.7 Å². The molecule has 2 aromatic heterocycles. The highest BCUT2D eigenvalue weighted by molar-refractivity contribution is 7.99. The Morgan fingerprint density at radius 2 is 2.09 bits per heavy atom. The number of hydrogen-bond donors (Lipinski definition) is 0. The molecule has 0 unspecified atom stereocenters. The van der Waals surface area contributed by atoms with E-state index < -0.39 is 0 Å². The SMILES string of the molecule is Cc1cccc(OCCSc2nnc(-c3cccnc3)n2C)c1. The molecule has 3 aromatic rings. The van der Waals surface area contributed by atoms with E-state index in [1.807, 2.05) is 41.9 Å². The molecule has 0 saturated heterocycles. The molecule has 0 fully saturated rings. The highest BCUT2D eigenvalue weighted by Crippen LogP contribution is 2.22. The minimum Gasteiger partial charge on any atom is -0.493 e. The molecule has 3 rings (SSSR count). The number of hydrogen-bond acceptors (Lipinski definition) is 5. The van der Waals surface area contributed by atoms with Gasteiger partial charge in [-0.15, -0.1) is 10.2 Å². The Balaban J connectivity index is 1.56. The molecule has 0 spiro atoms. The first-order valence-electron chi connectivity index (χ1n) is 7.36. The number of rotatable bonds is 6. The van der Waals surface area contributed by atoms with Crippen LogP contribution >= 0.6 is 11.8 Å². The van der Waals surface area contributed by atoms with Crippen molar-refractivity contribution in [3.8, 4) is 17.1 Å². The van der Waals surface area contributed by atoms with E-state index in [0.717, 1.165) is 28.0 Å². The van der Waals surface area contributed by atoms with Crippen molar-refractivity contribution in [2.24, 2.45) is 7.05 Å². The molecule has 0 saturated carbocycles. The lowest BCUT2D eigenvalue weighted by Crippen LogP contribution is -2.02. The van der Waals surface area contributed by atoms with E-state index >= 15 is 0 Å². The first kappa shape index (κ1) is 15.6. The van der Waals surface area contributed by atoms with Crippen molar-refractivity contribution >= 4 is 11.8 Å². The highest BCUT2D eigenvalue weighted by Gasteiger charge is 2.11. The van der Waals surface area contributed by atoms with Crippen LogP contribution < -0.4 is 4.74 Å². The van der Waals surface area contributed by atoms with Crippen molar-refractivity contribution in [2.75, 3.05) is 12.4 Å². The molecule has 0 aliphatic heterocycles. The van der Waals surface area contributed by atoms with Gasteiger partial charge in [0.1, 0.15) is 5.75 Å². The van der Waals surface area contributed by atoms with Gasteiger partial charge < -0.3 is 9.30 Å². The molecule has 118 valence electrons. The zero-order chi connectivity index (χ0) is 16.1. The van der Waals surface area contributed by atoms with Crippen LogP contribution in [-0.2, 0) is 7.05 Å². The summed E-state index contributed by atoms with van der Waals surface area (Å²) in [6, 6.07) is 11.9. The zero-order valence-corrected chi connectivity index (χ0v) is 14.0. The van der Waals surface area contributed by atoms with Crippen LogP contribution in [0.4, 0.5) is 0 Å². The Morgan fingerprint density at radius 3 is 2.87 bits per heavy atom. The van der Waals surface area contributed by atoms with E-state index in [1.54, 1.807) is 24.2 Å². The Labute approximate surface area is 139 Å². The van der Waals surface area contributed by atoms with Crippen LogP contribution in [0.3, 0.4) is 0 Å². The van der Waals surface area contributed by atoms with Crippen molar-refractivity contribution in [2.45, 2.75) is 12.1 Å². The molecule has 0 bridgehead atoms. The third kappa shape index (κ3) is 3.90. The maximum atomic E-state index is 5.75. The van der Waals surface area contributed by atoms with E-state index in [0.29, 0.717) is 6.61 Å². The standard InChI is InChI=1S/C17H18N4OS/c1-13-5-3-7-15(11-13)22-9-10-23-17-20-19-16(21(17)2)14-6-4-8-18-12-14/h3-8,11-12H,9-10H2,1-2H3. The molecule has 5 nitrogen and oxygen atoms in total. The predicted molar refractivity (Wildman–Crippen MR) is 91.6 cm³/mol. The minimum atomic E-state index is 0.628. The van der Waals surface area contributed by atoms with Crippen molar-refractivity contribution in [3.63, 3.8) is 0 Å². The predicted octanol–water partition coefficient (Wildman–Crippen LogP) is 3.36. The van der Waals surface area contributed by atoms with Crippen LogP contribution in [-0.4, -0.2) is 32.1 Å². The van der Waals surface area contributed by atoms with Crippen LogP contribution in [0.15, 0.2) is 53.9 Å². The fourth-order valence-corrected chi connectivity index (χ4v) is 2.91. The first-order chi connectivity index (χ1) is 11.2. The van der Waals surface area contributed by atoms with Crippen molar-refractivity contribution in [3.05, 3.63) is 54.4 Å². The van der Waals surface area contributed by atoms with Crippen LogP contribution in [0.25, 0.3) is 11.4 Å². The second kappa shape index (κ2) is 7.28. The number of aromatic nitrogens is 4. The molecular weight excluding hydrogens is 308 g/mol. The van der Waals surface area contributed by atoms with Gasteiger partial charge >= 0.3 is 0 Å². The molecule has 0 amide bonds. The summed E-state index contributed by atoms with van der Waals surface area (Å²) in [6.07, 6.45) is 3.54. The van der Waals surface area contributed by atoms with Gasteiger partial charge in [0.05, 0.1) is 6.61 Å². The summed E-state index contributed by atoms with van der Waals surface area (Å²) in [6.45, 7) is 2.68. The molecule has 0 N–H and O–H groups in total. The zero-order valence-electron chi connectivity index (χ0n) is 13.1. The van der Waals surface area contributed by atoms with Crippen LogP contribution in [0.1, 0.15) is 5.56 Å². The van der Waals surface area contributed by atoms with Gasteiger partial charge in [-0.2, -0.15) is 0 Å². The molecule has 2 heterocycles. The molecule has 6 heteroatoms. The Bertz CT molecular complexity index is 773. The molecule has 0 radical (unpaired) electrons. The summed E-state index contributed by atoms with van der Waals surface area (Å²) in [5.41, 5.74) is 2.16. The maximum absolute atomic E-state index is 5.75. The van der Waals surface area contributed by atoms with Crippen molar-refractivity contribution in [1.29, 1.82) is 0 Å². The molecule has 0 aliphatic rings. The normalized spacial score (nSPS) is 10.7. The number of thioether (sulfide) groups is 1. The largest absolute Gasteiger partial charge is 0.493 e. The average molecular weight is 326 g/mol. The lowest BCUT2D eigenvalue weighted by Gasteiger charge is -2.07. The summed E-state index contributed by atoms with van der Waals surface area (Å²) < 4.78 is 7.73. The second-order valence-corrected chi connectivity index (χ2v) is 6.18. The fourth-order valence-electron chi connectivity index (χ4n) is 2.18. The van der Waals surface area contributed by atoms with E-state index in [2.05, 4.69) is 28.2 Å². The molecule has 0 atom stereocenters. The van der Waals surface area contributed by atoms with E-state index in [-0.39, 0.29) is 0 Å². The lowest BCUT2D eigenvalue weighted by atomic mass is 10.2. The third-order valence-electron chi connectivity index (χ3n) is 3.33. The quantitative estimate of drug-likeness (QED) is 0.513. The van der Waals surface area contributed by atoms with E-state index in [4.69, 9.17) is 4.74 Å². The maximum Gasteiger partial charge on any atom is 0.191 e. The summed E-state index contributed by atoms with van der Waals surface area (Å²) >= 11 is 1.63. The monoisotopic (exact) mass is 326 g/mol. The van der Waals surface area contributed by atoms with E-state index in [9.17, 15) is 0 Å². The molecule has 23 heavy (non-hydrogen) atoms. The number of aryl methyl sites for hydroxylation is 1. The number of nitrogens with zero attached hydrogens (tertiary/aromatic N) is 4. The van der Waals surface area contributed by atoms with Gasteiger partial charge in [0.15, 0.2) is 11.0 Å². The van der Waals surface area contributed by atoms with Gasteiger partial charge in [0.25, 0.3) is 0 Å². The number of benzene rings is 1. The Morgan fingerprint density at radius 1 is 1.17 bits per heavy atom. The van der Waals surface area contributed by atoms with Gasteiger partial charge in [0.2, 0.25) is 0 Å². The lowest BCUT2D eigenvalue weighted by molar-refractivity contribution is 0.343.